The minimum atomic E-state index is -0.913. The van der Waals surface area contributed by atoms with Gasteiger partial charge in [-0.05, 0) is 44.4 Å². The van der Waals surface area contributed by atoms with Gasteiger partial charge >= 0.3 is 0 Å². The van der Waals surface area contributed by atoms with Gasteiger partial charge in [0.1, 0.15) is 11.3 Å². The van der Waals surface area contributed by atoms with Gasteiger partial charge in [0.15, 0.2) is 17.0 Å². The van der Waals surface area contributed by atoms with Crippen LogP contribution in [0.3, 0.4) is 0 Å². The van der Waals surface area contributed by atoms with Gasteiger partial charge in [-0.3, -0.25) is 9.59 Å². The molecule has 2 unspecified atom stereocenters. The number of carbonyl (C=O) groups excluding carboxylic acids is 2. The van der Waals surface area contributed by atoms with Crippen molar-refractivity contribution in [1.82, 2.24) is 15.0 Å². The lowest BCUT2D eigenvalue weighted by Crippen LogP contribution is -2.45. The molecule has 2 aliphatic rings. The van der Waals surface area contributed by atoms with Crippen molar-refractivity contribution in [1.29, 1.82) is 0 Å². The third-order valence-electron chi connectivity index (χ3n) is 6.53. The second kappa shape index (κ2) is 7.18. The van der Waals surface area contributed by atoms with Gasteiger partial charge < -0.3 is 15.0 Å². The summed E-state index contributed by atoms with van der Waals surface area (Å²) in [4.78, 5) is 37.9. The highest BCUT2D eigenvalue weighted by Crippen LogP contribution is 2.37. The number of benzene rings is 1. The van der Waals surface area contributed by atoms with Gasteiger partial charge in [0.05, 0.1) is 23.1 Å². The number of carbonyl (C=O) groups is 2. The van der Waals surface area contributed by atoms with Crippen molar-refractivity contribution in [2.45, 2.75) is 52.1 Å². The van der Waals surface area contributed by atoms with E-state index in [1.807, 2.05) is 18.2 Å². The Kier molecular flexibility index (Phi) is 4.57. The lowest BCUT2D eigenvalue weighted by molar-refractivity contribution is -0.129. The summed E-state index contributed by atoms with van der Waals surface area (Å²) in [5, 5.41) is 2.90. The van der Waals surface area contributed by atoms with Gasteiger partial charge in [-0.2, -0.15) is 0 Å². The normalized spacial score (nSPS) is 22.5. The molecule has 0 saturated heterocycles. The molecule has 0 spiro atoms. The maximum absolute atomic E-state index is 13.3. The van der Waals surface area contributed by atoms with Crippen LogP contribution in [-0.4, -0.2) is 32.2 Å². The first-order valence-corrected chi connectivity index (χ1v) is 10.9. The van der Waals surface area contributed by atoms with Crippen molar-refractivity contribution >= 4 is 28.5 Å². The fourth-order valence-electron chi connectivity index (χ4n) is 4.59. The number of aromatic nitrogens is 3. The van der Waals surface area contributed by atoms with Gasteiger partial charge in [-0.15, -0.1) is 0 Å². The zero-order valence-electron chi connectivity index (χ0n) is 18.0. The minimum Gasteiger partial charge on any atom is -0.476 e. The highest BCUT2D eigenvalue weighted by Gasteiger charge is 2.35. The van der Waals surface area contributed by atoms with Crippen LogP contribution >= 0.6 is 0 Å². The summed E-state index contributed by atoms with van der Waals surface area (Å²) in [5.74, 6) is 0.997. The molecule has 1 amide bonds. The molecule has 7 nitrogen and oxygen atoms in total. The predicted molar refractivity (Wildman–Crippen MR) is 118 cm³/mol. The Morgan fingerprint density at radius 2 is 2.03 bits per heavy atom. The molecule has 1 saturated carbocycles. The van der Waals surface area contributed by atoms with Crippen LogP contribution in [0.1, 0.15) is 56.8 Å². The van der Waals surface area contributed by atoms with Crippen molar-refractivity contribution in [2.75, 3.05) is 5.32 Å². The van der Waals surface area contributed by atoms with Crippen LogP contribution in [0.15, 0.2) is 30.6 Å². The zero-order valence-corrected chi connectivity index (χ0v) is 18.0. The van der Waals surface area contributed by atoms with E-state index < -0.39 is 5.60 Å². The SMILES string of the molecule is CC1CCCCC1C(=O)c1c[nH]c2ncc(-c3ccc4c(c3)NC(=O)C(C)(C)O4)nc12. The summed E-state index contributed by atoms with van der Waals surface area (Å²) in [6.45, 7) is 5.63. The third kappa shape index (κ3) is 3.38. The highest BCUT2D eigenvalue weighted by molar-refractivity contribution is 6.07. The first kappa shape index (κ1) is 19.7. The Labute approximate surface area is 180 Å². The van der Waals surface area contributed by atoms with E-state index in [4.69, 9.17) is 9.72 Å². The zero-order chi connectivity index (χ0) is 21.8. The van der Waals surface area contributed by atoms with Crippen LogP contribution < -0.4 is 10.1 Å². The molecule has 0 radical (unpaired) electrons. The largest absolute Gasteiger partial charge is 0.476 e. The Balaban J connectivity index is 1.51. The molecule has 1 aliphatic heterocycles. The summed E-state index contributed by atoms with van der Waals surface area (Å²) in [6, 6.07) is 5.54. The van der Waals surface area contributed by atoms with Gasteiger partial charge in [0, 0.05) is 17.7 Å². The lowest BCUT2D eigenvalue weighted by atomic mass is 9.77. The average Bonchev–Trinajstić information content (AvgIpc) is 3.17. The first-order chi connectivity index (χ1) is 14.8. The molecule has 31 heavy (non-hydrogen) atoms. The van der Waals surface area contributed by atoms with Crippen LogP contribution in [0.25, 0.3) is 22.4 Å². The van der Waals surface area contributed by atoms with E-state index >= 15 is 0 Å². The van der Waals surface area contributed by atoms with E-state index in [0.717, 1.165) is 24.8 Å². The van der Waals surface area contributed by atoms with Gasteiger partial charge in [-0.1, -0.05) is 26.2 Å². The summed E-state index contributed by atoms with van der Waals surface area (Å²) in [7, 11) is 0. The van der Waals surface area contributed by atoms with Crippen molar-refractivity contribution in [2.24, 2.45) is 11.8 Å². The molecule has 2 atom stereocenters. The molecule has 3 heterocycles. The molecule has 1 aliphatic carbocycles. The van der Waals surface area contributed by atoms with Gasteiger partial charge in [0.25, 0.3) is 5.91 Å². The molecule has 2 N–H and O–H groups in total. The van der Waals surface area contributed by atoms with Crippen LogP contribution in [0, 0.1) is 11.8 Å². The Hall–Kier alpha value is -3.22. The van der Waals surface area contributed by atoms with E-state index in [-0.39, 0.29) is 17.6 Å². The van der Waals surface area contributed by atoms with Crippen molar-refractivity contribution < 1.29 is 14.3 Å². The number of H-pyrrole nitrogens is 1. The number of Topliss-reactive ketones (excluding diaryl/α,β-unsaturated/α-hetero) is 1. The number of hydrogen-bond donors (Lipinski definition) is 2. The number of aromatic amines is 1. The average molecular weight is 418 g/mol. The lowest BCUT2D eigenvalue weighted by Gasteiger charge is -2.31. The van der Waals surface area contributed by atoms with E-state index in [2.05, 4.69) is 22.2 Å². The molecule has 1 fully saturated rings. The summed E-state index contributed by atoms with van der Waals surface area (Å²) < 4.78 is 5.81. The third-order valence-corrected chi connectivity index (χ3v) is 6.53. The Bertz CT molecular complexity index is 1200. The standard InChI is InChI=1S/C24H26N4O3/c1-13-6-4-5-7-15(13)21(29)16-11-25-22-20(16)27-18(12-26-22)14-8-9-19-17(10-14)28-23(30)24(2,3)31-19/h8-13,15H,4-7H2,1-3H3,(H,25,26)(H,28,30). The highest BCUT2D eigenvalue weighted by atomic mass is 16.5. The van der Waals surface area contributed by atoms with Crippen molar-refractivity contribution in [3.05, 3.63) is 36.2 Å². The number of ether oxygens (including phenoxy) is 1. The number of hydrogen-bond acceptors (Lipinski definition) is 5. The molecule has 3 aromatic rings. The summed E-state index contributed by atoms with van der Waals surface area (Å²) >= 11 is 0. The molecular formula is C24H26N4O3. The molecular weight excluding hydrogens is 392 g/mol. The number of amides is 1. The number of nitrogens with one attached hydrogen (secondary N) is 2. The quantitative estimate of drug-likeness (QED) is 0.599. The summed E-state index contributed by atoms with van der Waals surface area (Å²) in [5.41, 5.74) is 2.93. The van der Waals surface area contributed by atoms with E-state index in [1.54, 1.807) is 26.2 Å². The first-order valence-electron chi connectivity index (χ1n) is 10.9. The van der Waals surface area contributed by atoms with Crippen LogP contribution in [0.4, 0.5) is 5.69 Å². The van der Waals surface area contributed by atoms with Crippen molar-refractivity contribution in [3.8, 4) is 17.0 Å². The van der Waals surface area contributed by atoms with Crippen LogP contribution in [-0.2, 0) is 4.79 Å². The number of anilines is 1. The van der Waals surface area contributed by atoms with E-state index in [1.165, 1.54) is 6.42 Å². The monoisotopic (exact) mass is 418 g/mol. The molecule has 5 rings (SSSR count). The second-order valence-corrected chi connectivity index (χ2v) is 9.16. The molecule has 2 aromatic heterocycles. The second-order valence-electron chi connectivity index (χ2n) is 9.16. The van der Waals surface area contributed by atoms with Crippen LogP contribution in [0.2, 0.25) is 0 Å². The molecule has 7 heteroatoms. The Morgan fingerprint density at radius 1 is 1.23 bits per heavy atom. The summed E-state index contributed by atoms with van der Waals surface area (Å²) in [6.07, 6.45) is 7.73. The maximum atomic E-state index is 13.3. The minimum absolute atomic E-state index is 0.0395. The van der Waals surface area contributed by atoms with E-state index in [0.29, 0.717) is 39.8 Å². The molecule has 0 bridgehead atoms. The maximum Gasteiger partial charge on any atom is 0.268 e. The topological polar surface area (TPSA) is 97.0 Å². The predicted octanol–water partition coefficient (Wildman–Crippen LogP) is 4.74. The number of rotatable bonds is 3. The number of ketones is 1. The fraction of sp³-hybridized carbons (Fsp3) is 0.417. The molecule has 1 aromatic carbocycles. The van der Waals surface area contributed by atoms with Crippen LogP contribution in [0.5, 0.6) is 5.75 Å². The Morgan fingerprint density at radius 3 is 2.84 bits per heavy atom. The number of nitrogens with zero attached hydrogens (tertiary/aromatic N) is 2. The number of fused-ring (bicyclic) bond motifs is 2. The fourth-order valence-corrected chi connectivity index (χ4v) is 4.59. The van der Waals surface area contributed by atoms with E-state index in [9.17, 15) is 9.59 Å². The van der Waals surface area contributed by atoms with Crippen molar-refractivity contribution in [3.63, 3.8) is 0 Å². The van der Waals surface area contributed by atoms with Gasteiger partial charge in [-0.25, -0.2) is 9.97 Å². The van der Waals surface area contributed by atoms with Gasteiger partial charge in [0.2, 0.25) is 0 Å². The molecule has 160 valence electrons. The smallest absolute Gasteiger partial charge is 0.268 e.